The van der Waals surface area contributed by atoms with Crippen molar-refractivity contribution in [2.75, 3.05) is 25.6 Å². The van der Waals surface area contributed by atoms with E-state index in [-0.39, 0.29) is 11.4 Å². The van der Waals surface area contributed by atoms with Crippen molar-refractivity contribution in [2.24, 2.45) is 0 Å². The number of methoxy groups -OCH3 is 1. The summed E-state index contributed by atoms with van der Waals surface area (Å²) in [6, 6.07) is 11.6. The summed E-state index contributed by atoms with van der Waals surface area (Å²) in [5, 5.41) is 13.4. The van der Waals surface area contributed by atoms with Gasteiger partial charge in [-0.3, -0.25) is 0 Å². The molecule has 8 nitrogen and oxygen atoms in total. The third-order valence-corrected chi connectivity index (χ3v) is 5.67. The second-order valence-corrected chi connectivity index (χ2v) is 8.03. The highest BCUT2D eigenvalue weighted by Crippen LogP contribution is 2.31. The van der Waals surface area contributed by atoms with Crippen LogP contribution in [0.3, 0.4) is 0 Å². The zero-order chi connectivity index (χ0) is 24.9. The summed E-state index contributed by atoms with van der Waals surface area (Å²) in [6.45, 7) is 5.32. The topological polar surface area (TPSA) is 98.5 Å². The standard InChI is InChI=1S/C26H27FN4O4/c1-4-11-35-23-13-17(5-6-18(23)26(32)33)21-14-24(30-15-29-21)28-9-10-31-16(2)12-19-22(34-3)8-7-20(27)25(19)31/h5-8,12-15H,4,9-11H2,1-3H3,(H,32,33)(H,28,29,30). The van der Waals surface area contributed by atoms with Gasteiger partial charge in [-0.2, -0.15) is 0 Å². The fraction of sp³-hybridized carbons (Fsp3) is 0.269. The van der Waals surface area contributed by atoms with Gasteiger partial charge in [0.1, 0.15) is 35.0 Å². The number of aromatic nitrogens is 3. The van der Waals surface area contributed by atoms with Crippen molar-refractivity contribution in [3.05, 3.63) is 65.9 Å². The van der Waals surface area contributed by atoms with Crippen molar-refractivity contribution >= 4 is 22.7 Å². The third-order valence-electron chi connectivity index (χ3n) is 5.67. The van der Waals surface area contributed by atoms with E-state index in [0.717, 1.165) is 17.5 Å². The molecule has 9 heteroatoms. The first-order valence-electron chi connectivity index (χ1n) is 11.3. The van der Waals surface area contributed by atoms with E-state index in [2.05, 4.69) is 15.3 Å². The van der Waals surface area contributed by atoms with Gasteiger partial charge in [-0.05, 0) is 43.7 Å². The lowest BCUT2D eigenvalue weighted by Crippen LogP contribution is -2.13. The van der Waals surface area contributed by atoms with Crippen LogP contribution in [0.4, 0.5) is 10.2 Å². The molecule has 0 aliphatic rings. The van der Waals surface area contributed by atoms with E-state index in [1.807, 2.05) is 24.5 Å². The Hall–Kier alpha value is -4.14. The fourth-order valence-corrected chi connectivity index (χ4v) is 4.00. The summed E-state index contributed by atoms with van der Waals surface area (Å²) in [7, 11) is 1.57. The molecule has 2 aromatic carbocycles. The zero-order valence-electron chi connectivity index (χ0n) is 19.8. The van der Waals surface area contributed by atoms with Gasteiger partial charge in [-0.15, -0.1) is 0 Å². The number of aromatic carboxylic acids is 1. The first-order valence-corrected chi connectivity index (χ1v) is 11.3. The highest BCUT2D eigenvalue weighted by Gasteiger charge is 2.15. The molecule has 4 aromatic rings. The van der Waals surface area contributed by atoms with E-state index >= 15 is 0 Å². The molecule has 0 fully saturated rings. The maximum Gasteiger partial charge on any atom is 0.339 e. The first-order chi connectivity index (χ1) is 16.9. The van der Waals surface area contributed by atoms with E-state index in [9.17, 15) is 14.3 Å². The molecule has 0 bridgehead atoms. The second-order valence-electron chi connectivity index (χ2n) is 8.03. The molecule has 2 aromatic heterocycles. The molecule has 4 rings (SSSR count). The molecule has 0 atom stereocenters. The average molecular weight is 479 g/mol. The van der Waals surface area contributed by atoms with Gasteiger partial charge in [0.05, 0.1) is 24.9 Å². The molecule has 0 unspecified atom stereocenters. The molecule has 35 heavy (non-hydrogen) atoms. The number of halogens is 1. The molecule has 0 saturated carbocycles. The lowest BCUT2D eigenvalue weighted by Gasteiger charge is -2.12. The summed E-state index contributed by atoms with van der Waals surface area (Å²) in [4.78, 5) is 20.1. The minimum Gasteiger partial charge on any atom is -0.496 e. The molecule has 0 aliphatic carbocycles. The number of carbonyl (C=O) groups is 1. The Morgan fingerprint density at radius 3 is 2.71 bits per heavy atom. The number of fused-ring (bicyclic) bond motifs is 1. The van der Waals surface area contributed by atoms with Crippen LogP contribution in [0.15, 0.2) is 48.8 Å². The van der Waals surface area contributed by atoms with Gasteiger partial charge in [-0.1, -0.05) is 13.0 Å². The smallest absolute Gasteiger partial charge is 0.339 e. The van der Waals surface area contributed by atoms with E-state index in [4.69, 9.17) is 9.47 Å². The van der Waals surface area contributed by atoms with Gasteiger partial charge in [0.15, 0.2) is 0 Å². The highest BCUT2D eigenvalue weighted by atomic mass is 19.1. The summed E-state index contributed by atoms with van der Waals surface area (Å²) in [5.74, 6) is 0.185. The van der Waals surface area contributed by atoms with Gasteiger partial charge in [0, 0.05) is 35.8 Å². The van der Waals surface area contributed by atoms with Crippen LogP contribution in [0.5, 0.6) is 11.5 Å². The monoisotopic (exact) mass is 478 g/mol. The maximum atomic E-state index is 14.6. The van der Waals surface area contributed by atoms with Gasteiger partial charge < -0.3 is 24.5 Å². The molecule has 0 aliphatic heterocycles. The second kappa shape index (κ2) is 10.4. The summed E-state index contributed by atoms with van der Waals surface area (Å²) in [5.41, 5.74) is 2.87. The number of carboxylic acids is 1. The lowest BCUT2D eigenvalue weighted by atomic mass is 10.1. The van der Waals surface area contributed by atoms with Crippen LogP contribution in [0.25, 0.3) is 22.2 Å². The highest BCUT2D eigenvalue weighted by molar-refractivity contribution is 5.92. The number of aryl methyl sites for hydroxylation is 1. The van der Waals surface area contributed by atoms with Crippen molar-refractivity contribution in [2.45, 2.75) is 26.8 Å². The Morgan fingerprint density at radius 1 is 1.14 bits per heavy atom. The largest absolute Gasteiger partial charge is 0.496 e. The van der Waals surface area contributed by atoms with Crippen LogP contribution in [-0.2, 0) is 6.54 Å². The lowest BCUT2D eigenvalue weighted by molar-refractivity contribution is 0.0692. The number of hydrogen-bond donors (Lipinski definition) is 2. The Bertz CT molecular complexity index is 1370. The zero-order valence-corrected chi connectivity index (χ0v) is 19.8. The Kier molecular flexibility index (Phi) is 7.14. The van der Waals surface area contributed by atoms with Crippen LogP contribution < -0.4 is 14.8 Å². The minimum absolute atomic E-state index is 0.104. The molecule has 0 amide bonds. The number of benzene rings is 2. The van der Waals surface area contributed by atoms with Gasteiger partial charge >= 0.3 is 5.97 Å². The van der Waals surface area contributed by atoms with Crippen molar-refractivity contribution in [1.29, 1.82) is 0 Å². The van der Waals surface area contributed by atoms with Crippen LogP contribution in [0.1, 0.15) is 29.4 Å². The quantitative estimate of drug-likeness (QED) is 0.325. The summed E-state index contributed by atoms with van der Waals surface area (Å²) < 4.78 is 27.5. The van der Waals surface area contributed by atoms with Crippen LogP contribution in [0.2, 0.25) is 0 Å². The van der Waals surface area contributed by atoms with Crippen molar-refractivity contribution in [1.82, 2.24) is 14.5 Å². The van der Waals surface area contributed by atoms with Crippen LogP contribution in [-0.4, -0.2) is 45.9 Å². The number of hydrogen-bond acceptors (Lipinski definition) is 6. The SMILES string of the molecule is CCCOc1cc(-c2cc(NCCn3c(C)cc4c(OC)ccc(F)c43)ncn2)ccc1C(=O)O. The third kappa shape index (κ3) is 5.03. The van der Waals surface area contributed by atoms with E-state index in [0.29, 0.717) is 53.8 Å². The average Bonchev–Trinajstić information content (AvgIpc) is 3.19. The molecule has 0 radical (unpaired) electrons. The molecule has 2 heterocycles. The number of nitrogens with one attached hydrogen (secondary N) is 1. The predicted molar refractivity (Wildman–Crippen MR) is 132 cm³/mol. The number of ether oxygens (including phenoxy) is 2. The normalized spacial score (nSPS) is 11.0. The number of anilines is 1. The van der Waals surface area contributed by atoms with E-state index in [1.54, 1.807) is 31.4 Å². The Balaban J connectivity index is 1.52. The maximum absolute atomic E-state index is 14.6. The van der Waals surface area contributed by atoms with E-state index in [1.165, 1.54) is 18.5 Å². The van der Waals surface area contributed by atoms with Crippen molar-refractivity contribution in [3.63, 3.8) is 0 Å². The molecule has 0 saturated heterocycles. The van der Waals surface area contributed by atoms with Crippen molar-refractivity contribution < 1.29 is 23.8 Å². The molecule has 182 valence electrons. The molecule has 0 spiro atoms. The molecular weight excluding hydrogens is 451 g/mol. The van der Waals surface area contributed by atoms with Crippen molar-refractivity contribution in [3.8, 4) is 22.8 Å². The molecular formula is C26H27FN4O4. The summed E-state index contributed by atoms with van der Waals surface area (Å²) in [6.07, 6.45) is 2.20. The van der Waals surface area contributed by atoms with Gasteiger partial charge in [-0.25, -0.2) is 19.2 Å². The fourth-order valence-electron chi connectivity index (χ4n) is 4.00. The van der Waals surface area contributed by atoms with Crippen LogP contribution in [0, 0.1) is 12.7 Å². The minimum atomic E-state index is -1.05. The van der Waals surface area contributed by atoms with E-state index < -0.39 is 5.97 Å². The Labute approximate surface area is 202 Å². The van der Waals surface area contributed by atoms with Crippen LogP contribution >= 0.6 is 0 Å². The van der Waals surface area contributed by atoms with Gasteiger partial charge in [0.25, 0.3) is 0 Å². The molecule has 2 N–H and O–H groups in total. The predicted octanol–water partition coefficient (Wildman–Crippen LogP) is 5.15. The first kappa shape index (κ1) is 24.0. The Morgan fingerprint density at radius 2 is 1.97 bits per heavy atom. The number of carboxylic acid groups (broad SMARTS) is 1. The number of nitrogens with zero attached hydrogens (tertiary/aromatic N) is 3. The number of rotatable bonds is 10. The summed E-state index contributed by atoms with van der Waals surface area (Å²) >= 11 is 0. The van der Waals surface area contributed by atoms with Gasteiger partial charge in [0.2, 0.25) is 0 Å².